The van der Waals surface area contributed by atoms with Gasteiger partial charge in [0.05, 0.1) is 22.9 Å². The summed E-state index contributed by atoms with van der Waals surface area (Å²) in [5.74, 6) is 0.679. The minimum Gasteiger partial charge on any atom is -0.438 e. The number of aliphatic imine (C=N–C) groups is 1. The molecule has 3 aromatic rings. The van der Waals surface area contributed by atoms with Crippen LogP contribution in [0.15, 0.2) is 59.6 Å². The number of isocyanates is 1. The summed E-state index contributed by atoms with van der Waals surface area (Å²) in [5.41, 5.74) is 6.99. The number of nitrogens with zero attached hydrogens (tertiary/aromatic N) is 4. The van der Waals surface area contributed by atoms with Crippen molar-refractivity contribution in [3.8, 4) is 17.7 Å². The SMILES string of the molecule is Cc1nc(N)nc(Oc2ccc(C#N)cc2)c1C(C)(N=C=O)c1ccccc1. The lowest BCUT2D eigenvalue weighted by Crippen LogP contribution is -2.24. The molecule has 0 spiro atoms. The zero-order valence-electron chi connectivity index (χ0n) is 15.4. The van der Waals surface area contributed by atoms with Gasteiger partial charge in [-0.05, 0) is 43.7 Å². The first-order valence-corrected chi connectivity index (χ1v) is 8.45. The standard InChI is InChI=1S/C21H17N5O2/c1-14-18(21(2,24-13-27)16-6-4-3-5-7-16)19(26-20(23)25-14)28-17-10-8-15(12-22)9-11-17/h3-11H,1-2H3,(H2,23,25,26). The molecule has 0 aliphatic rings. The summed E-state index contributed by atoms with van der Waals surface area (Å²) in [6, 6.07) is 17.9. The normalized spacial score (nSPS) is 12.3. The fourth-order valence-corrected chi connectivity index (χ4v) is 3.03. The minimum absolute atomic E-state index is 0.0374. The Bertz CT molecular complexity index is 1080. The smallest absolute Gasteiger partial charge is 0.236 e. The maximum absolute atomic E-state index is 11.3. The van der Waals surface area contributed by atoms with E-state index < -0.39 is 5.54 Å². The van der Waals surface area contributed by atoms with Crippen LogP contribution in [0.25, 0.3) is 0 Å². The average molecular weight is 371 g/mol. The largest absolute Gasteiger partial charge is 0.438 e. The number of rotatable bonds is 5. The Kier molecular flexibility index (Phi) is 5.16. The van der Waals surface area contributed by atoms with E-state index in [-0.39, 0.29) is 11.8 Å². The van der Waals surface area contributed by atoms with Crippen molar-refractivity contribution in [1.82, 2.24) is 9.97 Å². The predicted molar refractivity (Wildman–Crippen MR) is 103 cm³/mol. The van der Waals surface area contributed by atoms with Gasteiger partial charge in [-0.25, -0.2) is 9.78 Å². The molecule has 3 rings (SSSR count). The highest BCUT2D eigenvalue weighted by molar-refractivity contribution is 5.52. The highest BCUT2D eigenvalue weighted by Gasteiger charge is 2.35. The average Bonchev–Trinajstić information content (AvgIpc) is 2.69. The number of nitrogen functional groups attached to an aromatic ring is 1. The quantitative estimate of drug-likeness (QED) is 0.541. The number of ether oxygens (including phenoxy) is 1. The molecule has 0 radical (unpaired) electrons. The van der Waals surface area contributed by atoms with E-state index in [1.807, 2.05) is 30.3 Å². The zero-order chi connectivity index (χ0) is 20.1. The van der Waals surface area contributed by atoms with Crippen molar-refractivity contribution >= 4 is 12.0 Å². The van der Waals surface area contributed by atoms with Gasteiger partial charge in [-0.3, -0.25) is 0 Å². The second-order valence-corrected chi connectivity index (χ2v) is 6.23. The van der Waals surface area contributed by atoms with Crippen LogP contribution in [0.2, 0.25) is 0 Å². The number of anilines is 1. The molecule has 0 fully saturated rings. The van der Waals surface area contributed by atoms with Gasteiger partial charge in [0.15, 0.2) is 0 Å². The Morgan fingerprint density at radius 1 is 1.11 bits per heavy atom. The van der Waals surface area contributed by atoms with Crippen molar-refractivity contribution in [2.75, 3.05) is 5.73 Å². The summed E-state index contributed by atoms with van der Waals surface area (Å²) in [6.45, 7) is 3.52. The van der Waals surface area contributed by atoms with Crippen molar-refractivity contribution in [2.24, 2.45) is 4.99 Å². The molecule has 1 heterocycles. The van der Waals surface area contributed by atoms with E-state index in [0.29, 0.717) is 22.6 Å². The van der Waals surface area contributed by atoms with Gasteiger partial charge in [0, 0.05) is 0 Å². The van der Waals surface area contributed by atoms with Gasteiger partial charge < -0.3 is 10.5 Å². The van der Waals surface area contributed by atoms with E-state index in [2.05, 4.69) is 21.0 Å². The molecule has 0 bridgehead atoms. The molecule has 2 aromatic carbocycles. The molecule has 1 unspecified atom stereocenters. The number of aromatic nitrogens is 2. The molecule has 138 valence electrons. The zero-order valence-corrected chi connectivity index (χ0v) is 15.4. The summed E-state index contributed by atoms with van der Waals surface area (Å²) >= 11 is 0. The second-order valence-electron chi connectivity index (χ2n) is 6.23. The van der Waals surface area contributed by atoms with Crippen molar-refractivity contribution in [2.45, 2.75) is 19.4 Å². The lowest BCUT2D eigenvalue weighted by Gasteiger charge is -2.27. The molecule has 7 heteroatoms. The van der Waals surface area contributed by atoms with Crippen LogP contribution in [0.4, 0.5) is 5.95 Å². The van der Waals surface area contributed by atoms with Crippen molar-refractivity contribution in [3.05, 3.63) is 77.0 Å². The molecule has 0 saturated carbocycles. The summed E-state index contributed by atoms with van der Waals surface area (Å²) in [4.78, 5) is 23.8. The summed E-state index contributed by atoms with van der Waals surface area (Å²) < 4.78 is 5.95. The molecule has 28 heavy (non-hydrogen) atoms. The van der Waals surface area contributed by atoms with Crippen LogP contribution in [0.5, 0.6) is 11.6 Å². The molecular weight excluding hydrogens is 354 g/mol. The van der Waals surface area contributed by atoms with E-state index in [0.717, 1.165) is 5.56 Å². The predicted octanol–water partition coefficient (Wildman–Crippen LogP) is 3.63. The molecule has 1 atom stereocenters. The molecular formula is C21H17N5O2. The summed E-state index contributed by atoms with van der Waals surface area (Å²) in [7, 11) is 0. The number of hydrogen-bond acceptors (Lipinski definition) is 7. The van der Waals surface area contributed by atoms with Crippen LogP contribution < -0.4 is 10.5 Å². The Morgan fingerprint density at radius 3 is 2.39 bits per heavy atom. The first-order chi connectivity index (χ1) is 13.5. The van der Waals surface area contributed by atoms with Gasteiger partial charge in [0.1, 0.15) is 11.3 Å². The maximum Gasteiger partial charge on any atom is 0.236 e. The first kappa shape index (κ1) is 18.8. The minimum atomic E-state index is -1.12. The van der Waals surface area contributed by atoms with Gasteiger partial charge in [-0.2, -0.15) is 15.2 Å². The molecule has 0 aliphatic carbocycles. The molecule has 0 amide bonds. The van der Waals surface area contributed by atoms with Gasteiger partial charge in [0.25, 0.3) is 0 Å². The van der Waals surface area contributed by atoms with Gasteiger partial charge in [-0.1, -0.05) is 30.3 Å². The van der Waals surface area contributed by atoms with Gasteiger partial charge in [-0.15, -0.1) is 0 Å². The van der Waals surface area contributed by atoms with Crippen molar-refractivity contribution < 1.29 is 9.53 Å². The van der Waals surface area contributed by atoms with Crippen LogP contribution >= 0.6 is 0 Å². The third-order valence-corrected chi connectivity index (χ3v) is 4.36. The molecule has 7 nitrogen and oxygen atoms in total. The molecule has 2 N–H and O–H groups in total. The van der Waals surface area contributed by atoms with Crippen LogP contribution in [-0.4, -0.2) is 16.0 Å². The summed E-state index contributed by atoms with van der Waals surface area (Å²) in [5, 5.41) is 8.95. The Hall–Kier alpha value is -4.01. The third kappa shape index (κ3) is 3.58. The Balaban J connectivity index is 2.19. The fourth-order valence-electron chi connectivity index (χ4n) is 3.03. The van der Waals surface area contributed by atoms with Crippen LogP contribution in [0.1, 0.15) is 29.3 Å². The van der Waals surface area contributed by atoms with E-state index in [9.17, 15) is 4.79 Å². The maximum atomic E-state index is 11.3. The van der Waals surface area contributed by atoms with E-state index in [1.165, 1.54) is 0 Å². The number of hydrogen-bond donors (Lipinski definition) is 1. The number of nitriles is 1. The third-order valence-electron chi connectivity index (χ3n) is 4.36. The van der Waals surface area contributed by atoms with E-state index in [1.54, 1.807) is 44.2 Å². The number of benzene rings is 2. The molecule has 0 saturated heterocycles. The Labute approximate surface area is 162 Å². The van der Waals surface area contributed by atoms with Crippen LogP contribution in [0, 0.1) is 18.3 Å². The van der Waals surface area contributed by atoms with Crippen molar-refractivity contribution in [1.29, 1.82) is 5.26 Å². The van der Waals surface area contributed by atoms with Gasteiger partial charge in [0.2, 0.25) is 17.9 Å². The Morgan fingerprint density at radius 2 is 1.79 bits per heavy atom. The number of nitrogens with two attached hydrogens (primary N) is 1. The summed E-state index contributed by atoms with van der Waals surface area (Å²) in [6.07, 6.45) is 1.65. The van der Waals surface area contributed by atoms with E-state index in [4.69, 9.17) is 15.7 Å². The molecule has 0 aliphatic heterocycles. The lowest BCUT2D eigenvalue weighted by molar-refractivity contribution is 0.435. The lowest BCUT2D eigenvalue weighted by atomic mass is 9.84. The highest BCUT2D eigenvalue weighted by atomic mass is 16.5. The first-order valence-electron chi connectivity index (χ1n) is 8.45. The topological polar surface area (TPSA) is 114 Å². The number of aryl methyl sites for hydroxylation is 1. The monoisotopic (exact) mass is 371 g/mol. The highest BCUT2D eigenvalue weighted by Crippen LogP contribution is 2.41. The fraction of sp³-hybridized carbons (Fsp3) is 0.143. The van der Waals surface area contributed by atoms with Crippen LogP contribution in [0.3, 0.4) is 0 Å². The van der Waals surface area contributed by atoms with Crippen LogP contribution in [-0.2, 0) is 10.3 Å². The molecule has 1 aromatic heterocycles. The number of carbonyl (C=O) groups excluding carboxylic acids is 1. The van der Waals surface area contributed by atoms with Gasteiger partial charge >= 0.3 is 0 Å². The van der Waals surface area contributed by atoms with Crippen molar-refractivity contribution in [3.63, 3.8) is 0 Å². The van der Waals surface area contributed by atoms with E-state index >= 15 is 0 Å². The second kappa shape index (κ2) is 7.70.